The number of aliphatic hydroxyl groups excluding tert-OH is 2. The highest BCUT2D eigenvalue weighted by molar-refractivity contribution is 5.53. The molecule has 2 unspecified atom stereocenters. The van der Waals surface area contributed by atoms with Gasteiger partial charge in [-0.15, -0.1) is 0 Å². The Balaban J connectivity index is 1.82. The predicted octanol–water partition coefficient (Wildman–Crippen LogP) is 16.9. The molecule has 1 aromatic rings. The number of aliphatic hydroxyl groups is 2. The van der Waals surface area contributed by atoms with Crippen LogP contribution >= 0.6 is 0 Å². The highest BCUT2D eigenvalue weighted by atomic mass is 16.5. The van der Waals surface area contributed by atoms with Crippen LogP contribution in [0.3, 0.4) is 0 Å². The quantitative estimate of drug-likeness (QED) is 0.0488. The van der Waals surface area contributed by atoms with Gasteiger partial charge in [0.15, 0.2) is 0 Å². The SMILES string of the molecule is CCCCCCCCCCCCCCCCCCCCCCOCC(O)CNc1ccc(NCC(O)COCCCCCCCCCCCCCCCCCCCCCC)cc1. The van der Waals surface area contributed by atoms with E-state index >= 15 is 0 Å². The average Bonchev–Trinajstić information content (AvgIpc) is 3.28. The van der Waals surface area contributed by atoms with E-state index in [0.29, 0.717) is 26.3 Å². The van der Waals surface area contributed by atoms with Gasteiger partial charge in [-0.2, -0.15) is 0 Å². The first-order valence-electron chi connectivity index (χ1n) is 27.7. The molecule has 1 aromatic carbocycles. The molecule has 2 atom stereocenters. The van der Waals surface area contributed by atoms with Crippen LogP contribution in [-0.4, -0.2) is 61.9 Å². The van der Waals surface area contributed by atoms with Gasteiger partial charge in [0.2, 0.25) is 0 Å². The van der Waals surface area contributed by atoms with Crippen LogP contribution in [0.25, 0.3) is 0 Å². The Labute approximate surface area is 387 Å². The Morgan fingerprint density at radius 3 is 0.726 bits per heavy atom. The lowest BCUT2D eigenvalue weighted by atomic mass is 10.0. The Bertz CT molecular complexity index is 900. The number of hydrogen-bond donors (Lipinski definition) is 4. The lowest BCUT2D eigenvalue weighted by molar-refractivity contribution is 0.0416. The summed E-state index contributed by atoms with van der Waals surface area (Å²) < 4.78 is 11.5. The summed E-state index contributed by atoms with van der Waals surface area (Å²) in [7, 11) is 0. The van der Waals surface area contributed by atoms with Gasteiger partial charge < -0.3 is 30.3 Å². The molecule has 62 heavy (non-hydrogen) atoms. The topological polar surface area (TPSA) is 83.0 Å². The molecule has 0 saturated heterocycles. The lowest BCUT2D eigenvalue weighted by Gasteiger charge is -2.15. The van der Waals surface area contributed by atoms with Crippen molar-refractivity contribution in [3.8, 4) is 0 Å². The van der Waals surface area contributed by atoms with Gasteiger partial charge in [0.25, 0.3) is 0 Å². The highest BCUT2D eigenvalue weighted by Gasteiger charge is 2.07. The second-order valence-electron chi connectivity index (χ2n) is 19.2. The van der Waals surface area contributed by atoms with E-state index in [1.165, 1.54) is 244 Å². The smallest absolute Gasteiger partial charge is 0.0945 e. The Kier molecular flexibility index (Phi) is 46.5. The molecular weight excluding hydrogens is 765 g/mol. The third-order valence-corrected chi connectivity index (χ3v) is 12.9. The van der Waals surface area contributed by atoms with Gasteiger partial charge in [0.05, 0.1) is 25.4 Å². The van der Waals surface area contributed by atoms with Crippen molar-refractivity contribution in [2.75, 3.05) is 50.2 Å². The molecular formula is C56H108N2O4. The molecule has 4 N–H and O–H groups in total. The van der Waals surface area contributed by atoms with Crippen LogP contribution in [0, 0.1) is 0 Å². The zero-order valence-corrected chi connectivity index (χ0v) is 41.7. The predicted molar refractivity (Wildman–Crippen MR) is 273 cm³/mol. The number of benzene rings is 1. The van der Waals surface area contributed by atoms with Gasteiger partial charge in [-0.25, -0.2) is 0 Å². The van der Waals surface area contributed by atoms with Gasteiger partial charge in [-0.3, -0.25) is 0 Å². The van der Waals surface area contributed by atoms with E-state index in [1.54, 1.807) is 0 Å². The number of anilines is 2. The Hall–Kier alpha value is -1.34. The molecule has 0 amide bonds. The Morgan fingerprint density at radius 1 is 0.323 bits per heavy atom. The van der Waals surface area contributed by atoms with Crippen molar-refractivity contribution in [2.45, 2.75) is 283 Å². The number of ether oxygens (including phenoxy) is 2. The largest absolute Gasteiger partial charge is 0.389 e. The van der Waals surface area contributed by atoms with Crippen LogP contribution in [0.4, 0.5) is 11.4 Å². The minimum atomic E-state index is -0.531. The van der Waals surface area contributed by atoms with E-state index in [4.69, 9.17) is 9.47 Å². The number of nitrogens with one attached hydrogen (secondary N) is 2. The maximum Gasteiger partial charge on any atom is 0.0945 e. The first-order chi connectivity index (χ1) is 30.7. The van der Waals surface area contributed by atoms with Crippen LogP contribution in [-0.2, 0) is 9.47 Å². The maximum atomic E-state index is 10.4. The third kappa shape index (κ3) is 43.9. The van der Waals surface area contributed by atoms with Crippen molar-refractivity contribution in [1.82, 2.24) is 0 Å². The summed E-state index contributed by atoms with van der Waals surface area (Å²) >= 11 is 0. The summed E-state index contributed by atoms with van der Waals surface area (Å²) in [4.78, 5) is 0. The zero-order chi connectivity index (χ0) is 44.5. The van der Waals surface area contributed by atoms with E-state index in [-0.39, 0.29) is 0 Å². The Morgan fingerprint density at radius 2 is 0.516 bits per heavy atom. The van der Waals surface area contributed by atoms with Gasteiger partial charge in [-0.1, -0.05) is 258 Å². The third-order valence-electron chi connectivity index (χ3n) is 12.9. The van der Waals surface area contributed by atoms with Crippen molar-refractivity contribution < 1.29 is 19.7 Å². The van der Waals surface area contributed by atoms with E-state index < -0.39 is 12.2 Å². The summed E-state index contributed by atoms with van der Waals surface area (Å²) in [5, 5.41) is 27.4. The molecule has 1 rings (SSSR count). The van der Waals surface area contributed by atoms with Crippen LogP contribution in [0.1, 0.15) is 271 Å². The van der Waals surface area contributed by atoms with Crippen LogP contribution in [0.15, 0.2) is 24.3 Å². The molecule has 0 aliphatic carbocycles. The number of rotatable bonds is 52. The number of hydrogen-bond acceptors (Lipinski definition) is 6. The van der Waals surface area contributed by atoms with Gasteiger partial charge in [0.1, 0.15) is 0 Å². The summed E-state index contributed by atoms with van der Waals surface area (Å²) in [5.41, 5.74) is 1.92. The minimum Gasteiger partial charge on any atom is -0.389 e. The van der Waals surface area contributed by atoms with E-state index in [9.17, 15) is 10.2 Å². The highest BCUT2D eigenvalue weighted by Crippen LogP contribution is 2.18. The minimum absolute atomic E-state index is 0.366. The molecule has 0 spiro atoms. The summed E-state index contributed by atoms with van der Waals surface area (Å²) in [6, 6.07) is 7.99. The van der Waals surface area contributed by atoms with Crippen LogP contribution in [0.5, 0.6) is 0 Å². The monoisotopic (exact) mass is 873 g/mol. The fourth-order valence-corrected chi connectivity index (χ4v) is 8.65. The van der Waals surface area contributed by atoms with Gasteiger partial charge in [0, 0.05) is 37.7 Å². The van der Waals surface area contributed by atoms with Crippen molar-refractivity contribution in [2.24, 2.45) is 0 Å². The van der Waals surface area contributed by atoms with Gasteiger partial charge in [-0.05, 0) is 37.1 Å². The molecule has 0 saturated carbocycles. The molecule has 6 nitrogen and oxygen atoms in total. The molecule has 366 valence electrons. The van der Waals surface area contributed by atoms with Crippen LogP contribution < -0.4 is 10.6 Å². The molecule has 0 aromatic heterocycles. The van der Waals surface area contributed by atoms with Crippen LogP contribution in [0.2, 0.25) is 0 Å². The van der Waals surface area contributed by atoms with E-state index in [2.05, 4.69) is 24.5 Å². The second-order valence-corrected chi connectivity index (χ2v) is 19.2. The van der Waals surface area contributed by atoms with Gasteiger partial charge >= 0.3 is 0 Å². The first-order valence-corrected chi connectivity index (χ1v) is 27.7. The van der Waals surface area contributed by atoms with Crippen molar-refractivity contribution in [3.05, 3.63) is 24.3 Å². The van der Waals surface area contributed by atoms with E-state index in [0.717, 1.165) is 37.4 Å². The molecule has 6 heteroatoms. The van der Waals surface area contributed by atoms with Crippen molar-refractivity contribution >= 4 is 11.4 Å². The fourth-order valence-electron chi connectivity index (χ4n) is 8.65. The summed E-state index contributed by atoms with van der Waals surface area (Å²) in [5.74, 6) is 0. The van der Waals surface area contributed by atoms with E-state index in [1.807, 2.05) is 24.3 Å². The molecule has 0 aliphatic rings. The summed E-state index contributed by atoms with van der Waals surface area (Å²) in [6.07, 6.45) is 54.5. The first kappa shape index (κ1) is 58.7. The normalized spacial score (nSPS) is 12.6. The molecule has 0 aliphatic heterocycles. The van der Waals surface area contributed by atoms with Crippen molar-refractivity contribution in [1.29, 1.82) is 0 Å². The molecule has 0 radical (unpaired) electrons. The zero-order valence-electron chi connectivity index (χ0n) is 41.7. The standard InChI is InChI=1S/C56H108N2O4/c1-3-5-7-9-11-13-15-17-19-21-23-25-27-29-31-33-35-37-39-41-47-61-51-55(59)49-57-53-43-45-54(46-44-53)58-50-56(60)52-62-48-42-40-38-36-34-32-30-28-26-24-22-20-18-16-14-12-10-8-6-4-2/h43-46,55-60H,3-42,47-52H2,1-2H3. The maximum absolute atomic E-state index is 10.4. The fraction of sp³-hybridized carbons (Fsp3) is 0.893. The molecule has 0 fully saturated rings. The average molecular weight is 873 g/mol. The molecule has 0 heterocycles. The van der Waals surface area contributed by atoms with Crippen molar-refractivity contribution in [3.63, 3.8) is 0 Å². The molecule has 0 bridgehead atoms. The number of unbranched alkanes of at least 4 members (excludes halogenated alkanes) is 38. The lowest BCUT2D eigenvalue weighted by Crippen LogP contribution is -2.25. The summed E-state index contributed by atoms with van der Waals surface area (Å²) in [6.45, 7) is 7.70. The second kappa shape index (κ2) is 49.1.